The molecule has 0 spiro atoms. The zero-order chi connectivity index (χ0) is 15.0. The number of hydrogen-bond acceptors (Lipinski definition) is 6. The minimum Gasteiger partial charge on any atom is -0.463 e. The first kappa shape index (κ1) is 14.0. The van der Waals surface area contributed by atoms with Crippen LogP contribution in [-0.4, -0.2) is 33.6 Å². The van der Waals surface area contributed by atoms with Crippen LogP contribution < -0.4 is 10.3 Å². The maximum atomic E-state index is 10.8. The number of nitrogen functional groups attached to an aromatic ring is 1. The number of imidazole rings is 1. The smallest absolute Gasteiger partial charge is 0.311 e. The molecule has 0 aromatic carbocycles. The topological polar surface area (TPSA) is 107 Å². The highest BCUT2D eigenvalue weighted by Crippen LogP contribution is 2.26. The van der Waals surface area contributed by atoms with Crippen LogP contribution in [0.5, 0.6) is 0 Å². The van der Waals surface area contributed by atoms with E-state index in [-0.39, 0.29) is 30.2 Å². The zero-order valence-corrected chi connectivity index (χ0v) is 12.1. The first-order valence-corrected chi connectivity index (χ1v) is 6.92. The molecule has 9 heteroatoms. The summed E-state index contributed by atoms with van der Waals surface area (Å²) >= 11 is 5.85. The average molecular weight is 313 g/mol. The fourth-order valence-corrected chi connectivity index (χ4v) is 2.57. The second kappa shape index (κ2) is 5.45. The number of hydrogen-bond donors (Lipinski definition) is 2. The molecule has 112 valence electrons. The summed E-state index contributed by atoms with van der Waals surface area (Å²) in [5.41, 5.74) is 7.00. The number of anilines is 1. The van der Waals surface area contributed by atoms with Crippen molar-refractivity contribution < 1.29 is 18.8 Å². The minimum absolute atomic E-state index is 0.0859. The maximum Gasteiger partial charge on any atom is 0.311 e. The zero-order valence-electron chi connectivity index (χ0n) is 11.4. The lowest BCUT2D eigenvalue weighted by molar-refractivity contribution is -0.738. The van der Waals surface area contributed by atoms with Crippen LogP contribution in [0.4, 0.5) is 5.82 Å². The van der Waals surface area contributed by atoms with Crippen LogP contribution in [0.2, 0.25) is 5.28 Å². The molecule has 21 heavy (non-hydrogen) atoms. The molecule has 0 radical (unpaired) electrons. The Hall–Kier alpha value is -1.93. The number of aromatic amines is 1. The van der Waals surface area contributed by atoms with E-state index in [1.807, 2.05) is 4.57 Å². The largest absolute Gasteiger partial charge is 0.463 e. The Labute approximate surface area is 125 Å². The van der Waals surface area contributed by atoms with Crippen LogP contribution in [0.25, 0.3) is 11.2 Å². The molecule has 2 aromatic rings. The summed E-state index contributed by atoms with van der Waals surface area (Å²) in [4.78, 5) is 21.9. The second-order valence-electron chi connectivity index (χ2n) is 4.85. The van der Waals surface area contributed by atoms with Crippen molar-refractivity contribution in [2.45, 2.75) is 32.1 Å². The number of nitrogens with one attached hydrogen (secondary N) is 1. The third-order valence-corrected chi connectivity index (χ3v) is 3.52. The third-order valence-electron chi connectivity index (χ3n) is 3.35. The number of fused-ring (bicyclic) bond motifs is 1. The van der Waals surface area contributed by atoms with E-state index < -0.39 is 0 Å². The molecule has 3 N–H and O–H groups in total. The summed E-state index contributed by atoms with van der Waals surface area (Å²) in [6, 6.07) is 0. The van der Waals surface area contributed by atoms with Gasteiger partial charge >= 0.3 is 16.9 Å². The SMILES string of the molecule is CC(=O)OC[C@@H]1CCC([n+]2c[nH]c3c(N)nc(Cl)nc32)O1. The molecule has 8 nitrogen and oxygen atoms in total. The highest BCUT2D eigenvalue weighted by atomic mass is 35.5. The molecule has 1 fully saturated rings. The lowest BCUT2D eigenvalue weighted by atomic mass is 10.2. The Morgan fingerprint density at radius 2 is 2.43 bits per heavy atom. The highest BCUT2D eigenvalue weighted by Gasteiger charge is 2.32. The lowest BCUT2D eigenvalue weighted by Gasteiger charge is -2.11. The highest BCUT2D eigenvalue weighted by molar-refractivity contribution is 6.28. The van der Waals surface area contributed by atoms with Gasteiger partial charge in [-0.15, -0.1) is 0 Å². The molecule has 3 heterocycles. The number of aromatic nitrogens is 4. The number of H-pyrrole nitrogens is 1. The van der Waals surface area contributed by atoms with Gasteiger partial charge in [0.05, 0.1) is 6.10 Å². The summed E-state index contributed by atoms with van der Waals surface area (Å²) < 4.78 is 12.7. The Morgan fingerprint density at radius 3 is 3.19 bits per heavy atom. The van der Waals surface area contributed by atoms with E-state index in [1.54, 1.807) is 6.33 Å². The number of halogens is 1. The molecule has 1 aliphatic rings. The van der Waals surface area contributed by atoms with Gasteiger partial charge in [0.25, 0.3) is 0 Å². The molecule has 3 rings (SSSR count). The molecule has 0 bridgehead atoms. The van der Waals surface area contributed by atoms with E-state index in [4.69, 9.17) is 26.8 Å². The molecule has 1 saturated heterocycles. The normalized spacial score (nSPS) is 21.8. The number of carbonyl (C=O) groups is 1. The summed E-state index contributed by atoms with van der Waals surface area (Å²) in [6.45, 7) is 1.63. The van der Waals surface area contributed by atoms with E-state index in [9.17, 15) is 4.79 Å². The van der Waals surface area contributed by atoms with Crippen LogP contribution in [0.3, 0.4) is 0 Å². The van der Waals surface area contributed by atoms with Crippen LogP contribution in [-0.2, 0) is 14.3 Å². The van der Waals surface area contributed by atoms with Gasteiger partial charge in [-0.05, 0) is 18.0 Å². The maximum absolute atomic E-state index is 10.8. The van der Waals surface area contributed by atoms with Gasteiger partial charge in [0.1, 0.15) is 6.61 Å². The quantitative estimate of drug-likeness (QED) is 0.491. The predicted octanol–water partition coefficient (Wildman–Crippen LogP) is 0.722. The fourth-order valence-electron chi connectivity index (χ4n) is 2.40. The van der Waals surface area contributed by atoms with Gasteiger partial charge in [-0.3, -0.25) is 9.78 Å². The van der Waals surface area contributed by atoms with Crippen LogP contribution >= 0.6 is 11.6 Å². The Morgan fingerprint density at radius 1 is 1.62 bits per heavy atom. The average Bonchev–Trinajstić information content (AvgIpc) is 3.02. The Balaban J connectivity index is 1.81. The number of ether oxygens (including phenoxy) is 2. The Kier molecular flexibility index (Phi) is 3.64. The van der Waals surface area contributed by atoms with Crippen LogP contribution in [0, 0.1) is 0 Å². The van der Waals surface area contributed by atoms with Crippen molar-refractivity contribution in [3.8, 4) is 0 Å². The molecular weight excluding hydrogens is 298 g/mol. The molecular formula is C12H15ClN5O3+. The lowest BCUT2D eigenvalue weighted by Crippen LogP contribution is -2.39. The fraction of sp³-hybridized carbons (Fsp3) is 0.500. The third kappa shape index (κ3) is 2.77. The number of carbonyl (C=O) groups excluding carboxylic acids is 1. The standard InChI is InChI=1S/C12H14ClN5O3/c1-6(19)20-4-7-2-3-8(21-7)18-5-15-9-10(14)16-12(13)17-11(9)18/h5,7-8H,2-4H2,1H3,(H2,14,16,17)/p+1/t7-,8?/m0/s1. The van der Waals surface area contributed by atoms with Crippen LogP contribution in [0.1, 0.15) is 26.0 Å². The van der Waals surface area contributed by atoms with Gasteiger partial charge in [0.2, 0.25) is 5.52 Å². The molecule has 2 atom stereocenters. The molecule has 1 unspecified atom stereocenters. The number of nitrogens with two attached hydrogens (primary N) is 1. The van der Waals surface area contributed by atoms with Gasteiger partial charge in [0, 0.05) is 13.3 Å². The van der Waals surface area contributed by atoms with Gasteiger partial charge < -0.3 is 15.2 Å². The van der Waals surface area contributed by atoms with Gasteiger partial charge in [-0.1, -0.05) is 4.98 Å². The van der Waals surface area contributed by atoms with Crippen molar-refractivity contribution in [2.24, 2.45) is 0 Å². The molecule has 2 aromatic heterocycles. The number of esters is 1. The molecule has 1 aliphatic heterocycles. The van der Waals surface area contributed by atoms with E-state index in [0.717, 1.165) is 12.8 Å². The molecule has 0 aliphatic carbocycles. The van der Waals surface area contributed by atoms with E-state index in [2.05, 4.69) is 15.0 Å². The number of rotatable bonds is 3. The monoisotopic (exact) mass is 312 g/mol. The van der Waals surface area contributed by atoms with Crippen molar-refractivity contribution in [3.63, 3.8) is 0 Å². The summed E-state index contributed by atoms with van der Waals surface area (Å²) in [5.74, 6) is -0.0210. The minimum atomic E-state index is -0.311. The predicted molar refractivity (Wildman–Crippen MR) is 73.3 cm³/mol. The van der Waals surface area contributed by atoms with Crippen LogP contribution in [0.15, 0.2) is 6.33 Å². The van der Waals surface area contributed by atoms with Crippen molar-refractivity contribution in [3.05, 3.63) is 11.6 Å². The van der Waals surface area contributed by atoms with E-state index in [0.29, 0.717) is 17.0 Å². The van der Waals surface area contributed by atoms with Crippen molar-refractivity contribution >= 4 is 34.6 Å². The number of nitrogens with zero attached hydrogens (tertiary/aromatic N) is 3. The molecule has 0 saturated carbocycles. The summed E-state index contributed by atoms with van der Waals surface area (Å²) in [6.07, 6.45) is 2.98. The van der Waals surface area contributed by atoms with Gasteiger partial charge in [0.15, 0.2) is 18.4 Å². The molecule has 0 amide bonds. The summed E-state index contributed by atoms with van der Waals surface area (Å²) in [7, 11) is 0. The van der Waals surface area contributed by atoms with E-state index in [1.165, 1.54) is 6.92 Å². The van der Waals surface area contributed by atoms with Gasteiger partial charge in [-0.2, -0.15) is 4.98 Å². The first-order chi connectivity index (χ1) is 10.0. The van der Waals surface area contributed by atoms with Crippen molar-refractivity contribution in [1.29, 1.82) is 0 Å². The van der Waals surface area contributed by atoms with Crippen molar-refractivity contribution in [2.75, 3.05) is 12.3 Å². The van der Waals surface area contributed by atoms with Crippen molar-refractivity contribution in [1.82, 2.24) is 15.0 Å². The first-order valence-electron chi connectivity index (χ1n) is 6.54. The Bertz CT molecular complexity index is 689. The summed E-state index contributed by atoms with van der Waals surface area (Å²) in [5, 5.41) is 0.0859. The van der Waals surface area contributed by atoms with E-state index >= 15 is 0 Å². The van der Waals surface area contributed by atoms with Gasteiger partial charge in [-0.25, -0.2) is 4.57 Å². The second-order valence-corrected chi connectivity index (χ2v) is 5.19.